The van der Waals surface area contributed by atoms with Gasteiger partial charge in [-0.25, -0.2) is 13.2 Å². The van der Waals surface area contributed by atoms with Crippen LogP contribution in [0.2, 0.25) is 0 Å². The molecule has 1 unspecified atom stereocenters. The molecule has 0 aromatic rings. The molecular formula is C43H68N2O5S. The van der Waals surface area contributed by atoms with Crippen molar-refractivity contribution in [1.29, 1.82) is 0 Å². The lowest BCUT2D eigenvalue weighted by atomic mass is 9.33. The predicted octanol–water partition coefficient (Wildman–Crippen LogP) is 7.83. The van der Waals surface area contributed by atoms with E-state index in [1.165, 1.54) is 68.1 Å². The van der Waals surface area contributed by atoms with Crippen molar-refractivity contribution in [2.45, 2.75) is 130 Å². The van der Waals surface area contributed by atoms with Crippen LogP contribution in [0.4, 0.5) is 0 Å². The van der Waals surface area contributed by atoms with Crippen LogP contribution in [-0.4, -0.2) is 80.3 Å². The highest BCUT2D eigenvalue weighted by Gasteiger charge is 2.70. The first-order valence-electron chi connectivity index (χ1n) is 20.4. The SMILES string of the molecule is C=C(C)[C@@H]1CC[C@]2(NCCN3CCS(=O)(=O)CC3)CC[C@]3(C)[C@H](CC[C@@H]4[C@@]5(C)CC=C(C6=CCC(OC)(C(=O)O)CC6)C(C)(C)[C@@H]5CC[C@]43C)[C@@H]12. The molecule has 0 spiro atoms. The maximum Gasteiger partial charge on any atom is 0.336 e. The second kappa shape index (κ2) is 12.8. The Hall–Kier alpha value is -1.48. The molecule has 0 amide bonds. The fourth-order valence-electron chi connectivity index (χ4n) is 14.6. The minimum atomic E-state index is -2.86. The lowest BCUT2D eigenvalue weighted by Crippen LogP contribution is -2.68. The molecule has 0 radical (unpaired) electrons. The number of carboxylic acids is 1. The van der Waals surface area contributed by atoms with E-state index < -0.39 is 21.4 Å². The summed E-state index contributed by atoms with van der Waals surface area (Å²) in [7, 11) is -1.32. The van der Waals surface area contributed by atoms with Crippen LogP contribution < -0.4 is 5.32 Å². The fourth-order valence-corrected chi connectivity index (χ4v) is 15.9. The molecule has 51 heavy (non-hydrogen) atoms. The lowest BCUT2D eigenvalue weighted by Gasteiger charge is -2.72. The molecule has 7 nitrogen and oxygen atoms in total. The summed E-state index contributed by atoms with van der Waals surface area (Å²) < 4.78 is 29.6. The number of rotatable bonds is 8. The van der Waals surface area contributed by atoms with E-state index >= 15 is 0 Å². The number of nitrogens with one attached hydrogen (secondary N) is 1. The number of aliphatic carboxylic acids is 1. The van der Waals surface area contributed by atoms with Gasteiger partial charge in [0.15, 0.2) is 15.4 Å². The van der Waals surface area contributed by atoms with E-state index in [1.54, 1.807) is 7.11 Å². The van der Waals surface area contributed by atoms with E-state index in [2.05, 4.69) is 70.5 Å². The van der Waals surface area contributed by atoms with Gasteiger partial charge < -0.3 is 20.1 Å². The number of hydrogen-bond acceptors (Lipinski definition) is 6. The van der Waals surface area contributed by atoms with E-state index in [0.29, 0.717) is 67.0 Å². The highest BCUT2D eigenvalue weighted by atomic mass is 32.2. The van der Waals surface area contributed by atoms with Crippen molar-refractivity contribution < 1.29 is 23.1 Å². The number of carbonyl (C=O) groups is 1. The summed E-state index contributed by atoms with van der Waals surface area (Å²) in [5, 5.41) is 14.1. The zero-order valence-electron chi connectivity index (χ0n) is 32.9. The highest BCUT2D eigenvalue weighted by molar-refractivity contribution is 7.91. The maximum absolute atomic E-state index is 12.1. The van der Waals surface area contributed by atoms with E-state index in [0.717, 1.165) is 25.9 Å². The molecule has 2 N–H and O–H groups in total. The molecule has 8 heteroatoms. The Labute approximate surface area is 309 Å². The summed E-state index contributed by atoms with van der Waals surface area (Å²) in [6.07, 6.45) is 17.8. The predicted molar refractivity (Wildman–Crippen MR) is 205 cm³/mol. The van der Waals surface area contributed by atoms with Gasteiger partial charge in [0.05, 0.1) is 11.5 Å². The summed E-state index contributed by atoms with van der Waals surface area (Å²) in [4.78, 5) is 14.4. The molecule has 1 heterocycles. The van der Waals surface area contributed by atoms with Crippen LogP contribution in [0, 0.1) is 51.2 Å². The zero-order valence-corrected chi connectivity index (χ0v) is 33.7. The fraction of sp³-hybridized carbons (Fsp3) is 0.837. The van der Waals surface area contributed by atoms with E-state index in [4.69, 9.17) is 4.74 Å². The van der Waals surface area contributed by atoms with Gasteiger partial charge in [0, 0.05) is 45.2 Å². The van der Waals surface area contributed by atoms with Crippen molar-refractivity contribution in [3.05, 3.63) is 35.5 Å². The van der Waals surface area contributed by atoms with Gasteiger partial charge in [0.2, 0.25) is 0 Å². The molecule has 0 bridgehead atoms. The molecule has 1 saturated heterocycles. The first kappa shape index (κ1) is 37.8. The van der Waals surface area contributed by atoms with Crippen molar-refractivity contribution in [3.63, 3.8) is 0 Å². The summed E-state index contributed by atoms with van der Waals surface area (Å²) in [6, 6.07) is 0. The molecule has 7 aliphatic rings. The number of methoxy groups -OCH3 is 1. The number of carboxylic acid groups (broad SMARTS) is 1. The molecule has 0 aromatic heterocycles. The number of fused-ring (bicyclic) bond motifs is 7. The summed E-state index contributed by atoms with van der Waals surface area (Å²) in [5.74, 6) is 2.87. The van der Waals surface area contributed by atoms with Crippen molar-refractivity contribution in [3.8, 4) is 0 Å². The smallest absolute Gasteiger partial charge is 0.336 e. The molecule has 7 rings (SSSR count). The van der Waals surface area contributed by atoms with Crippen molar-refractivity contribution >= 4 is 15.8 Å². The quantitative estimate of drug-likeness (QED) is 0.247. The summed E-state index contributed by atoms with van der Waals surface area (Å²) >= 11 is 0. The van der Waals surface area contributed by atoms with Crippen molar-refractivity contribution in [2.75, 3.05) is 44.8 Å². The van der Waals surface area contributed by atoms with Crippen LogP contribution in [-0.2, 0) is 19.4 Å². The van der Waals surface area contributed by atoms with E-state index in [9.17, 15) is 18.3 Å². The lowest BCUT2D eigenvalue weighted by molar-refractivity contribution is -0.221. The monoisotopic (exact) mass is 724 g/mol. The molecule has 4 saturated carbocycles. The van der Waals surface area contributed by atoms with Gasteiger partial charge in [-0.3, -0.25) is 0 Å². The van der Waals surface area contributed by atoms with Gasteiger partial charge in [-0.1, -0.05) is 58.9 Å². The minimum absolute atomic E-state index is 0.0366. The van der Waals surface area contributed by atoms with E-state index in [-0.39, 0.29) is 27.2 Å². The molecule has 6 aliphatic carbocycles. The van der Waals surface area contributed by atoms with Crippen LogP contribution in [0.5, 0.6) is 0 Å². The summed E-state index contributed by atoms with van der Waals surface area (Å²) in [6.45, 7) is 23.1. The first-order valence-corrected chi connectivity index (χ1v) is 22.2. The first-order chi connectivity index (χ1) is 23.9. The summed E-state index contributed by atoms with van der Waals surface area (Å²) in [5.41, 5.74) is 4.08. The third kappa shape index (κ3) is 5.72. The molecule has 0 aromatic carbocycles. The minimum Gasteiger partial charge on any atom is -0.479 e. The zero-order chi connectivity index (χ0) is 36.8. The highest BCUT2D eigenvalue weighted by Crippen LogP contribution is 2.76. The van der Waals surface area contributed by atoms with Crippen LogP contribution in [0.25, 0.3) is 0 Å². The Morgan fingerprint density at radius 2 is 1.67 bits per heavy atom. The number of sulfone groups is 1. The van der Waals surface area contributed by atoms with Gasteiger partial charge >= 0.3 is 5.97 Å². The average molecular weight is 725 g/mol. The van der Waals surface area contributed by atoms with Crippen LogP contribution in [0.1, 0.15) is 119 Å². The Bertz CT molecular complexity index is 1590. The van der Waals surface area contributed by atoms with Gasteiger partial charge in [0.25, 0.3) is 0 Å². The largest absolute Gasteiger partial charge is 0.479 e. The standard InChI is InChI=1S/C43H68N2O5S/c1-29(2)31-13-18-42(44-23-24-45-25-27-51(48,49)28-26-45)22-21-40(6)33(36(31)42)9-10-35-39(5)16-14-32(38(3,4)34(39)15-17-41(35,40)7)30-11-19-43(50-8,20-12-30)37(46)47/h11,14,31,33-36,44H,1,9-10,12-13,15-28H2,2-8H3,(H,46,47)/t31-,33+,34-,35+,36+,39-,40+,41+,42-,43?/m0/s1. The van der Waals surface area contributed by atoms with Gasteiger partial charge in [-0.2, -0.15) is 0 Å². The third-order valence-electron chi connectivity index (χ3n) is 17.6. The van der Waals surface area contributed by atoms with Crippen LogP contribution in [0.15, 0.2) is 35.5 Å². The average Bonchev–Trinajstić information content (AvgIpc) is 3.46. The molecule has 1 aliphatic heterocycles. The molecule has 286 valence electrons. The normalized spacial score (nSPS) is 46.1. The molecule has 5 fully saturated rings. The Morgan fingerprint density at radius 1 is 0.941 bits per heavy atom. The number of allylic oxidation sites excluding steroid dienone is 4. The number of ether oxygens (including phenoxy) is 1. The van der Waals surface area contributed by atoms with Crippen molar-refractivity contribution in [2.24, 2.45) is 51.2 Å². The van der Waals surface area contributed by atoms with Crippen LogP contribution in [0.3, 0.4) is 0 Å². The Morgan fingerprint density at radius 3 is 2.29 bits per heavy atom. The second-order valence-corrected chi connectivity index (χ2v) is 22.0. The van der Waals surface area contributed by atoms with Crippen LogP contribution >= 0.6 is 0 Å². The Balaban J connectivity index is 1.13. The number of nitrogens with zero attached hydrogens (tertiary/aromatic N) is 1. The molecule has 10 atom stereocenters. The van der Waals surface area contributed by atoms with E-state index in [1.807, 2.05) is 0 Å². The topological polar surface area (TPSA) is 95.9 Å². The van der Waals surface area contributed by atoms with Gasteiger partial charge in [-0.15, -0.1) is 0 Å². The van der Waals surface area contributed by atoms with Gasteiger partial charge in [-0.05, 0) is 140 Å². The molecular weight excluding hydrogens is 657 g/mol. The Kier molecular flexibility index (Phi) is 9.49. The van der Waals surface area contributed by atoms with Gasteiger partial charge in [0.1, 0.15) is 0 Å². The third-order valence-corrected chi connectivity index (χ3v) is 19.2. The second-order valence-electron chi connectivity index (χ2n) is 19.7. The number of hydrogen-bond donors (Lipinski definition) is 2. The maximum atomic E-state index is 12.1. The van der Waals surface area contributed by atoms with Crippen molar-refractivity contribution in [1.82, 2.24) is 10.2 Å².